The average Bonchev–Trinajstić information content (AvgIpc) is 2.26. The third kappa shape index (κ3) is 2.11. The van der Waals surface area contributed by atoms with Gasteiger partial charge in [0.05, 0.1) is 0 Å². The standard InChI is InChI=1S/C18H28O/c1-12-10-16(3,4)15-11-18(7,13(2)19)9-8-14(15)17(12,5)6/h8,11-12H,9-10H2,1-7H3/t12-,18?/m1/s1. The van der Waals surface area contributed by atoms with E-state index in [9.17, 15) is 4.79 Å². The van der Waals surface area contributed by atoms with Crippen LogP contribution in [0.4, 0.5) is 0 Å². The predicted octanol–water partition coefficient (Wildman–Crippen LogP) is 4.93. The highest BCUT2D eigenvalue weighted by Gasteiger charge is 2.47. The van der Waals surface area contributed by atoms with Crippen LogP contribution in [0.3, 0.4) is 0 Å². The van der Waals surface area contributed by atoms with Crippen LogP contribution in [0.2, 0.25) is 0 Å². The highest BCUT2D eigenvalue weighted by Crippen LogP contribution is 2.57. The van der Waals surface area contributed by atoms with Gasteiger partial charge in [-0.2, -0.15) is 0 Å². The van der Waals surface area contributed by atoms with Gasteiger partial charge in [-0.25, -0.2) is 0 Å². The van der Waals surface area contributed by atoms with Crippen LogP contribution in [0.5, 0.6) is 0 Å². The van der Waals surface area contributed by atoms with E-state index in [1.54, 1.807) is 6.92 Å². The van der Waals surface area contributed by atoms with Crippen LogP contribution in [-0.4, -0.2) is 5.78 Å². The minimum Gasteiger partial charge on any atom is -0.299 e. The first kappa shape index (κ1) is 14.6. The Balaban J connectivity index is 2.55. The molecule has 0 aliphatic heterocycles. The summed E-state index contributed by atoms with van der Waals surface area (Å²) in [5.74, 6) is 0.954. The van der Waals surface area contributed by atoms with E-state index in [0.29, 0.717) is 5.92 Å². The number of carbonyl (C=O) groups excluding carboxylic acids is 1. The molecule has 2 aliphatic carbocycles. The lowest BCUT2D eigenvalue weighted by Gasteiger charge is -2.51. The zero-order valence-electron chi connectivity index (χ0n) is 13.6. The van der Waals surface area contributed by atoms with Crippen LogP contribution < -0.4 is 0 Å². The van der Waals surface area contributed by atoms with Gasteiger partial charge in [-0.3, -0.25) is 4.79 Å². The second-order valence-electron chi connectivity index (χ2n) is 8.06. The Labute approximate surface area is 118 Å². The molecule has 1 fully saturated rings. The van der Waals surface area contributed by atoms with Crippen molar-refractivity contribution in [2.24, 2.45) is 22.2 Å². The van der Waals surface area contributed by atoms with Crippen molar-refractivity contribution in [3.8, 4) is 0 Å². The number of rotatable bonds is 1. The second kappa shape index (κ2) is 4.07. The molecule has 19 heavy (non-hydrogen) atoms. The monoisotopic (exact) mass is 260 g/mol. The second-order valence-corrected chi connectivity index (χ2v) is 8.06. The summed E-state index contributed by atoms with van der Waals surface area (Å²) in [6, 6.07) is 0. The predicted molar refractivity (Wildman–Crippen MR) is 80.9 cm³/mol. The Hall–Kier alpha value is -0.850. The van der Waals surface area contributed by atoms with Crippen LogP contribution in [0.25, 0.3) is 0 Å². The van der Waals surface area contributed by atoms with Gasteiger partial charge < -0.3 is 0 Å². The van der Waals surface area contributed by atoms with Crippen LogP contribution in [0.15, 0.2) is 23.3 Å². The van der Waals surface area contributed by atoms with E-state index < -0.39 is 0 Å². The van der Waals surface area contributed by atoms with Crippen LogP contribution in [0.1, 0.15) is 61.3 Å². The molecule has 0 saturated heterocycles. The number of Topliss-reactive ketones (excluding diaryl/α,β-unsaturated/α-hetero) is 1. The minimum absolute atomic E-state index is 0.178. The lowest BCUT2D eigenvalue weighted by atomic mass is 9.53. The van der Waals surface area contributed by atoms with E-state index in [0.717, 1.165) is 6.42 Å². The molecule has 1 nitrogen and oxygen atoms in total. The summed E-state index contributed by atoms with van der Waals surface area (Å²) in [6.07, 6.45) is 6.66. The molecule has 1 saturated carbocycles. The van der Waals surface area contributed by atoms with E-state index in [4.69, 9.17) is 0 Å². The molecule has 2 rings (SSSR count). The molecule has 0 radical (unpaired) electrons. The summed E-state index contributed by atoms with van der Waals surface area (Å²) in [5.41, 5.74) is 3.00. The van der Waals surface area contributed by atoms with Crippen molar-refractivity contribution in [1.82, 2.24) is 0 Å². The molecule has 0 heterocycles. The Morgan fingerprint density at radius 2 is 1.74 bits per heavy atom. The van der Waals surface area contributed by atoms with Gasteiger partial charge in [0.25, 0.3) is 0 Å². The number of allylic oxidation sites excluding steroid dienone is 4. The van der Waals surface area contributed by atoms with Gasteiger partial charge in [0.2, 0.25) is 0 Å². The van der Waals surface area contributed by atoms with Crippen molar-refractivity contribution in [3.63, 3.8) is 0 Å². The zero-order valence-corrected chi connectivity index (χ0v) is 13.6. The number of ketones is 1. The van der Waals surface area contributed by atoms with Crippen molar-refractivity contribution >= 4 is 5.78 Å². The molecule has 0 N–H and O–H groups in total. The van der Waals surface area contributed by atoms with Crippen LogP contribution >= 0.6 is 0 Å². The minimum atomic E-state index is -0.299. The number of fused-ring (bicyclic) bond motifs is 1. The Kier molecular flexibility index (Phi) is 3.12. The summed E-state index contributed by atoms with van der Waals surface area (Å²) < 4.78 is 0. The average molecular weight is 260 g/mol. The molecular weight excluding hydrogens is 232 g/mol. The Morgan fingerprint density at radius 1 is 1.16 bits per heavy atom. The van der Waals surface area contributed by atoms with Gasteiger partial charge in [0.1, 0.15) is 5.78 Å². The summed E-state index contributed by atoms with van der Waals surface area (Å²) in [7, 11) is 0. The summed E-state index contributed by atoms with van der Waals surface area (Å²) in [6.45, 7) is 15.5. The summed E-state index contributed by atoms with van der Waals surface area (Å²) >= 11 is 0. The van der Waals surface area contributed by atoms with Gasteiger partial charge in [-0.15, -0.1) is 0 Å². The topological polar surface area (TPSA) is 17.1 Å². The van der Waals surface area contributed by atoms with E-state index in [-0.39, 0.29) is 22.0 Å². The number of carbonyl (C=O) groups is 1. The fourth-order valence-corrected chi connectivity index (χ4v) is 3.69. The van der Waals surface area contributed by atoms with Gasteiger partial charge in [0.15, 0.2) is 0 Å². The molecule has 0 amide bonds. The number of hydrogen-bond donors (Lipinski definition) is 0. The van der Waals surface area contributed by atoms with Crippen molar-refractivity contribution < 1.29 is 4.79 Å². The lowest BCUT2D eigenvalue weighted by molar-refractivity contribution is -0.123. The van der Waals surface area contributed by atoms with Crippen molar-refractivity contribution in [2.75, 3.05) is 0 Å². The van der Waals surface area contributed by atoms with E-state index in [1.165, 1.54) is 17.6 Å². The van der Waals surface area contributed by atoms with E-state index in [2.05, 4.69) is 53.7 Å². The molecule has 0 spiro atoms. The normalized spacial score (nSPS) is 36.1. The summed E-state index contributed by atoms with van der Waals surface area (Å²) in [5, 5.41) is 0. The first-order valence-corrected chi connectivity index (χ1v) is 7.46. The van der Waals surface area contributed by atoms with Gasteiger partial charge in [-0.1, -0.05) is 46.8 Å². The molecule has 1 heteroatoms. The van der Waals surface area contributed by atoms with Gasteiger partial charge in [0, 0.05) is 5.41 Å². The third-order valence-electron chi connectivity index (χ3n) is 5.76. The van der Waals surface area contributed by atoms with Gasteiger partial charge in [-0.05, 0) is 54.6 Å². The molecule has 2 aliphatic rings. The molecule has 2 atom stereocenters. The first-order valence-electron chi connectivity index (χ1n) is 7.46. The fourth-order valence-electron chi connectivity index (χ4n) is 3.69. The van der Waals surface area contributed by atoms with Gasteiger partial charge >= 0.3 is 0 Å². The smallest absolute Gasteiger partial charge is 0.139 e. The van der Waals surface area contributed by atoms with Crippen molar-refractivity contribution in [2.45, 2.75) is 61.3 Å². The third-order valence-corrected chi connectivity index (χ3v) is 5.76. The largest absolute Gasteiger partial charge is 0.299 e. The molecule has 0 bridgehead atoms. The molecule has 0 aromatic heterocycles. The van der Waals surface area contributed by atoms with Crippen LogP contribution in [-0.2, 0) is 4.79 Å². The quantitative estimate of drug-likeness (QED) is 0.653. The SMILES string of the molecule is CC(=O)C1(C)C=C2C(=CC1)C(C)(C)[C@H](C)CC2(C)C. The maximum atomic E-state index is 12.0. The lowest BCUT2D eigenvalue weighted by Crippen LogP contribution is -2.41. The molecule has 0 aromatic rings. The molecular formula is C18H28O. The number of hydrogen-bond acceptors (Lipinski definition) is 1. The van der Waals surface area contributed by atoms with Crippen molar-refractivity contribution in [1.29, 1.82) is 0 Å². The maximum Gasteiger partial charge on any atom is 0.139 e. The Morgan fingerprint density at radius 3 is 2.26 bits per heavy atom. The van der Waals surface area contributed by atoms with Crippen LogP contribution in [0, 0.1) is 22.2 Å². The molecule has 0 aromatic carbocycles. The van der Waals surface area contributed by atoms with Crippen molar-refractivity contribution in [3.05, 3.63) is 23.3 Å². The molecule has 106 valence electrons. The highest BCUT2D eigenvalue weighted by molar-refractivity contribution is 5.85. The summed E-state index contributed by atoms with van der Waals surface area (Å²) in [4.78, 5) is 12.0. The highest BCUT2D eigenvalue weighted by atomic mass is 16.1. The van der Waals surface area contributed by atoms with E-state index >= 15 is 0 Å². The molecule has 1 unspecified atom stereocenters. The Bertz CT molecular complexity index is 476. The van der Waals surface area contributed by atoms with E-state index in [1.807, 2.05) is 0 Å². The maximum absolute atomic E-state index is 12.0. The fraction of sp³-hybridized carbons (Fsp3) is 0.722. The zero-order chi connectivity index (χ0) is 14.6. The first-order chi connectivity index (χ1) is 8.51.